The number of hydrogen-bond donors (Lipinski definition) is 0. The second-order valence-corrected chi connectivity index (χ2v) is 7.59. The third-order valence-electron chi connectivity index (χ3n) is 5.12. The lowest BCUT2D eigenvalue weighted by Crippen LogP contribution is -2.42. The van der Waals surface area contributed by atoms with Crippen LogP contribution in [-0.4, -0.2) is 6.18 Å². The molecule has 0 saturated carbocycles. The fourth-order valence-corrected chi connectivity index (χ4v) is 4.42. The van der Waals surface area contributed by atoms with Crippen molar-refractivity contribution in [3.63, 3.8) is 0 Å². The van der Waals surface area contributed by atoms with Gasteiger partial charge in [-0.1, -0.05) is 41.4 Å². The predicted octanol–water partition coefficient (Wildman–Crippen LogP) is 6.70. The molecule has 2 aliphatic rings. The number of ether oxygens (including phenoxy) is 1. The molecule has 1 unspecified atom stereocenters. The molecule has 1 aliphatic carbocycles. The minimum absolute atomic E-state index is 0.0821. The molecule has 0 saturated heterocycles. The van der Waals surface area contributed by atoms with E-state index in [0.717, 1.165) is 30.4 Å². The zero-order valence-corrected chi connectivity index (χ0v) is 15.2. The fraction of sp³-hybridized carbons (Fsp3) is 0.300. The summed E-state index contributed by atoms with van der Waals surface area (Å²) in [7, 11) is 0. The second-order valence-electron chi connectivity index (χ2n) is 6.72. The lowest BCUT2D eigenvalue weighted by Gasteiger charge is -2.32. The van der Waals surface area contributed by atoms with Crippen molar-refractivity contribution in [2.24, 2.45) is 0 Å². The summed E-state index contributed by atoms with van der Waals surface area (Å²) in [5.41, 5.74) is 1.18. The van der Waals surface area contributed by atoms with Gasteiger partial charge >= 0.3 is 6.18 Å². The number of fused-ring (bicyclic) bond motifs is 1. The number of hydrogen-bond acceptors (Lipinski definition) is 1. The molecule has 1 heterocycles. The highest BCUT2D eigenvalue weighted by Crippen LogP contribution is 2.53. The summed E-state index contributed by atoms with van der Waals surface area (Å²) < 4.78 is 47.6. The first-order valence-electron chi connectivity index (χ1n) is 8.31. The topological polar surface area (TPSA) is 9.23 Å². The Balaban J connectivity index is 1.78. The maximum absolute atomic E-state index is 14.1. The highest BCUT2D eigenvalue weighted by Gasteiger charge is 2.60. The Hall–Kier alpha value is -1.65. The summed E-state index contributed by atoms with van der Waals surface area (Å²) in [5.74, 6) is 0. The van der Waals surface area contributed by atoms with Gasteiger partial charge < -0.3 is 4.74 Å². The molecule has 0 bridgehead atoms. The summed E-state index contributed by atoms with van der Waals surface area (Å²) in [6, 6.07) is 9.75. The Labute approximate surface area is 159 Å². The number of halogens is 5. The van der Waals surface area contributed by atoms with E-state index in [-0.39, 0.29) is 22.0 Å². The molecule has 0 fully saturated rings. The van der Waals surface area contributed by atoms with Gasteiger partial charge in [0.15, 0.2) is 0 Å². The van der Waals surface area contributed by atoms with Crippen LogP contribution in [0.2, 0.25) is 10.0 Å². The summed E-state index contributed by atoms with van der Waals surface area (Å²) in [5, 5.41) is 0.294. The van der Waals surface area contributed by atoms with Gasteiger partial charge in [-0.05, 0) is 59.7 Å². The maximum atomic E-state index is 14.1. The SMILES string of the molecule is FC(F)(F)C1(c2cc(Cl)cc(Cl)c2)CC(c2cccc3c2CCC3)=CO1. The van der Waals surface area contributed by atoms with Crippen LogP contribution in [0.25, 0.3) is 5.57 Å². The van der Waals surface area contributed by atoms with Crippen LogP contribution in [0.15, 0.2) is 42.7 Å². The molecule has 6 heteroatoms. The van der Waals surface area contributed by atoms with Gasteiger partial charge in [-0.3, -0.25) is 0 Å². The summed E-state index contributed by atoms with van der Waals surface area (Å²) in [4.78, 5) is 0. The van der Waals surface area contributed by atoms with Crippen LogP contribution in [0, 0.1) is 0 Å². The molecule has 26 heavy (non-hydrogen) atoms. The van der Waals surface area contributed by atoms with Gasteiger partial charge in [0.2, 0.25) is 5.60 Å². The van der Waals surface area contributed by atoms with Gasteiger partial charge in [-0.2, -0.15) is 13.2 Å². The Morgan fingerprint density at radius 2 is 1.73 bits per heavy atom. The summed E-state index contributed by atoms with van der Waals surface area (Å²) in [6.45, 7) is 0. The van der Waals surface area contributed by atoms with Crippen LogP contribution >= 0.6 is 23.2 Å². The Morgan fingerprint density at radius 1 is 1.00 bits per heavy atom. The van der Waals surface area contributed by atoms with Gasteiger partial charge in [0, 0.05) is 22.0 Å². The van der Waals surface area contributed by atoms with Crippen molar-refractivity contribution in [1.29, 1.82) is 0 Å². The van der Waals surface area contributed by atoms with Gasteiger partial charge in [0.1, 0.15) is 0 Å². The van der Waals surface area contributed by atoms with Crippen molar-refractivity contribution in [3.8, 4) is 0 Å². The molecule has 4 rings (SSSR count). The van der Waals surface area contributed by atoms with Crippen molar-refractivity contribution in [1.82, 2.24) is 0 Å². The molecule has 2 aromatic rings. The van der Waals surface area contributed by atoms with Crippen molar-refractivity contribution in [3.05, 3.63) is 75.0 Å². The molecule has 1 atom stereocenters. The number of aryl methyl sites for hydroxylation is 1. The average Bonchev–Trinajstić information content (AvgIpc) is 3.21. The Bertz CT molecular complexity index is 884. The first-order valence-corrected chi connectivity index (χ1v) is 9.07. The van der Waals surface area contributed by atoms with Gasteiger partial charge in [0.05, 0.1) is 6.26 Å². The molecular weight excluding hydrogens is 384 g/mol. The standard InChI is InChI=1S/C20H15Cl2F3O/c21-15-7-14(8-16(22)9-15)19(20(23,24)25)10-13(11-26-19)18-6-2-4-12-3-1-5-17(12)18/h2,4,6-9,11H,1,3,5,10H2. The number of alkyl halides is 3. The van der Waals surface area contributed by atoms with Crippen LogP contribution in [0.5, 0.6) is 0 Å². The highest BCUT2D eigenvalue weighted by atomic mass is 35.5. The van der Waals surface area contributed by atoms with E-state index in [9.17, 15) is 13.2 Å². The number of rotatable bonds is 2. The Morgan fingerprint density at radius 3 is 2.42 bits per heavy atom. The molecule has 1 nitrogen and oxygen atoms in total. The molecule has 0 aromatic heterocycles. The normalized spacial score (nSPS) is 22.1. The Kier molecular flexibility index (Phi) is 4.24. The van der Waals surface area contributed by atoms with E-state index in [0.29, 0.717) is 5.57 Å². The van der Waals surface area contributed by atoms with Crippen LogP contribution in [0.3, 0.4) is 0 Å². The lowest BCUT2D eigenvalue weighted by atomic mass is 9.85. The molecule has 0 radical (unpaired) electrons. The van der Waals surface area contributed by atoms with E-state index >= 15 is 0 Å². The molecule has 1 aliphatic heterocycles. The smallest absolute Gasteiger partial charge is 0.432 e. The van der Waals surface area contributed by atoms with Gasteiger partial charge in [-0.25, -0.2) is 0 Å². The first-order chi connectivity index (χ1) is 12.3. The monoisotopic (exact) mass is 398 g/mol. The molecule has 0 amide bonds. The van der Waals surface area contributed by atoms with Crippen molar-refractivity contribution < 1.29 is 17.9 Å². The maximum Gasteiger partial charge on any atom is 0.432 e. The largest absolute Gasteiger partial charge is 0.480 e. The van der Waals surface area contributed by atoms with E-state index in [4.69, 9.17) is 27.9 Å². The average molecular weight is 399 g/mol. The van der Waals surface area contributed by atoms with Crippen LogP contribution < -0.4 is 0 Å². The van der Waals surface area contributed by atoms with E-state index in [1.807, 2.05) is 18.2 Å². The quantitative estimate of drug-likeness (QED) is 0.546. The van der Waals surface area contributed by atoms with Crippen molar-refractivity contribution >= 4 is 28.8 Å². The molecule has 0 N–H and O–H groups in total. The zero-order chi connectivity index (χ0) is 18.5. The third-order valence-corrected chi connectivity index (χ3v) is 5.56. The minimum Gasteiger partial charge on any atom is -0.480 e. The third kappa shape index (κ3) is 2.80. The van der Waals surface area contributed by atoms with Gasteiger partial charge in [-0.15, -0.1) is 0 Å². The fourth-order valence-electron chi connectivity index (χ4n) is 3.89. The predicted molar refractivity (Wildman–Crippen MR) is 96.3 cm³/mol. The van der Waals surface area contributed by atoms with Crippen molar-refractivity contribution in [2.75, 3.05) is 0 Å². The lowest BCUT2D eigenvalue weighted by molar-refractivity contribution is -0.260. The molecular formula is C20H15Cl2F3O. The molecule has 2 aromatic carbocycles. The van der Waals surface area contributed by atoms with E-state index in [2.05, 4.69) is 0 Å². The zero-order valence-electron chi connectivity index (χ0n) is 13.7. The summed E-state index contributed by atoms with van der Waals surface area (Å²) >= 11 is 11.9. The number of benzene rings is 2. The van der Waals surface area contributed by atoms with E-state index < -0.39 is 11.8 Å². The van der Waals surface area contributed by atoms with Gasteiger partial charge in [0.25, 0.3) is 0 Å². The molecule has 136 valence electrons. The minimum atomic E-state index is -4.61. The summed E-state index contributed by atoms with van der Waals surface area (Å²) in [6.07, 6.45) is -0.803. The van der Waals surface area contributed by atoms with Crippen LogP contribution in [0.1, 0.15) is 35.1 Å². The second kappa shape index (κ2) is 6.21. The molecule has 0 spiro atoms. The van der Waals surface area contributed by atoms with E-state index in [1.54, 1.807) is 0 Å². The van der Waals surface area contributed by atoms with Crippen LogP contribution in [0.4, 0.5) is 13.2 Å². The van der Waals surface area contributed by atoms with E-state index in [1.165, 1.54) is 30.0 Å². The van der Waals surface area contributed by atoms with Crippen molar-refractivity contribution in [2.45, 2.75) is 37.5 Å². The highest BCUT2D eigenvalue weighted by molar-refractivity contribution is 6.34. The van der Waals surface area contributed by atoms with Crippen LogP contribution in [-0.2, 0) is 23.2 Å². The first kappa shape index (κ1) is 17.7.